The van der Waals surface area contributed by atoms with Crippen LogP contribution in [0.1, 0.15) is 51.4 Å². The van der Waals surface area contributed by atoms with E-state index < -0.39 is 0 Å². The first-order valence-electron chi connectivity index (χ1n) is 7.69. The largest absolute Gasteiger partial charge is 0.352 e. The van der Waals surface area contributed by atoms with Crippen LogP contribution in [0.25, 0.3) is 0 Å². The van der Waals surface area contributed by atoms with Crippen molar-refractivity contribution in [1.82, 2.24) is 10.2 Å². The SMILES string of the molecule is N#CC1CCCN(CC(=O)NC2CCCCCC2)C1. The molecule has 1 aliphatic carbocycles. The maximum Gasteiger partial charge on any atom is 0.234 e. The van der Waals surface area contributed by atoms with Gasteiger partial charge in [-0.1, -0.05) is 25.7 Å². The highest BCUT2D eigenvalue weighted by Gasteiger charge is 2.22. The van der Waals surface area contributed by atoms with Crippen molar-refractivity contribution >= 4 is 5.91 Å². The number of nitriles is 1. The lowest BCUT2D eigenvalue weighted by Gasteiger charge is -2.29. The Labute approximate surface area is 116 Å². The zero-order chi connectivity index (χ0) is 13.5. The van der Waals surface area contributed by atoms with Crippen LogP contribution < -0.4 is 5.32 Å². The first-order valence-corrected chi connectivity index (χ1v) is 7.69. The fraction of sp³-hybridized carbons (Fsp3) is 0.867. The molecule has 0 bridgehead atoms. The first kappa shape index (κ1) is 14.3. The van der Waals surface area contributed by atoms with Crippen LogP contribution >= 0.6 is 0 Å². The van der Waals surface area contributed by atoms with Crippen LogP contribution in [-0.2, 0) is 4.79 Å². The molecular formula is C15H25N3O. The van der Waals surface area contributed by atoms with Crippen molar-refractivity contribution < 1.29 is 4.79 Å². The summed E-state index contributed by atoms with van der Waals surface area (Å²) in [4.78, 5) is 14.2. The third-order valence-corrected chi connectivity index (χ3v) is 4.28. The molecule has 1 saturated heterocycles. The van der Waals surface area contributed by atoms with Gasteiger partial charge in [0.25, 0.3) is 0 Å². The van der Waals surface area contributed by atoms with Crippen molar-refractivity contribution in [2.75, 3.05) is 19.6 Å². The van der Waals surface area contributed by atoms with Crippen LogP contribution in [0.3, 0.4) is 0 Å². The number of likely N-dealkylation sites (tertiary alicyclic amines) is 1. The van der Waals surface area contributed by atoms with Crippen molar-refractivity contribution in [2.45, 2.75) is 57.4 Å². The normalized spacial score (nSPS) is 26.4. The number of hydrogen-bond donors (Lipinski definition) is 1. The molecule has 1 amide bonds. The number of nitrogens with zero attached hydrogens (tertiary/aromatic N) is 2. The molecule has 0 spiro atoms. The van der Waals surface area contributed by atoms with Crippen LogP contribution in [-0.4, -0.2) is 36.5 Å². The van der Waals surface area contributed by atoms with Gasteiger partial charge in [-0.2, -0.15) is 5.26 Å². The Morgan fingerprint density at radius 2 is 1.89 bits per heavy atom. The summed E-state index contributed by atoms with van der Waals surface area (Å²) in [7, 11) is 0. The second kappa shape index (κ2) is 7.49. The third kappa shape index (κ3) is 4.83. The number of hydrogen-bond acceptors (Lipinski definition) is 3. The summed E-state index contributed by atoms with van der Waals surface area (Å²) in [5.41, 5.74) is 0. The van der Waals surface area contributed by atoms with Gasteiger partial charge in [-0.25, -0.2) is 0 Å². The molecule has 19 heavy (non-hydrogen) atoms. The predicted molar refractivity (Wildman–Crippen MR) is 74.4 cm³/mol. The molecule has 106 valence electrons. The second-order valence-corrected chi connectivity index (χ2v) is 5.96. The maximum absolute atomic E-state index is 12.1. The predicted octanol–water partition coefficient (Wildman–Crippen LogP) is 2.06. The topological polar surface area (TPSA) is 56.1 Å². The molecule has 4 heteroatoms. The van der Waals surface area contributed by atoms with Gasteiger partial charge >= 0.3 is 0 Å². The summed E-state index contributed by atoms with van der Waals surface area (Å²) in [5.74, 6) is 0.255. The number of carbonyl (C=O) groups is 1. The Bertz CT molecular complexity index is 329. The van der Waals surface area contributed by atoms with E-state index in [9.17, 15) is 4.79 Å². The van der Waals surface area contributed by atoms with E-state index in [-0.39, 0.29) is 11.8 Å². The van der Waals surface area contributed by atoms with Crippen LogP contribution in [0.5, 0.6) is 0 Å². The van der Waals surface area contributed by atoms with Crippen LogP contribution in [0.4, 0.5) is 0 Å². The van der Waals surface area contributed by atoms with Crippen molar-refractivity contribution in [3.63, 3.8) is 0 Å². The molecule has 2 fully saturated rings. The number of rotatable bonds is 3. The molecule has 0 radical (unpaired) electrons. The number of amides is 1. The molecule has 4 nitrogen and oxygen atoms in total. The minimum atomic E-state index is 0.111. The van der Waals surface area contributed by atoms with E-state index >= 15 is 0 Å². The lowest BCUT2D eigenvalue weighted by atomic mass is 10.00. The highest BCUT2D eigenvalue weighted by Crippen LogP contribution is 2.18. The summed E-state index contributed by atoms with van der Waals surface area (Å²) in [6.45, 7) is 2.18. The molecule has 0 aromatic carbocycles. The summed E-state index contributed by atoms with van der Waals surface area (Å²) >= 11 is 0. The van der Waals surface area contributed by atoms with Gasteiger partial charge in [0.05, 0.1) is 18.5 Å². The molecule has 1 saturated carbocycles. The zero-order valence-corrected chi connectivity index (χ0v) is 11.7. The highest BCUT2D eigenvalue weighted by atomic mass is 16.2. The van der Waals surface area contributed by atoms with Gasteiger partial charge in [0.1, 0.15) is 0 Å². The lowest BCUT2D eigenvalue weighted by Crippen LogP contribution is -2.45. The first-order chi connectivity index (χ1) is 9.28. The highest BCUT2D eigenvalue weighted by molar-refractivity contribution is 5.78. The van der Waals surface area contributed by atoms with Crippen molar-refractivity contribution in [1.29, 1.82) is 5.26 Å². The van der Waals surface area contributed by atoms with Gasteiger partial charge in [0, 0.05) is 12.6 Å². The molecule has 1 N–H and O–H groups in total. The average Bonchev–Trinajstić information content (AvgIpc) is 2.67. The quantitative estimate of drug-likeness (QED) is 0.793. The van der Waals surface area contributed by atoms with E-state index in [1.54, 1.807) is 0 Å². The molecule has 2 rings (SSSR count). The van der Waals surface area contributed by atoms with E-state index in [4.69, 9.17) is 5.26 Å². The van der Waals surface area contributed by atoms with Crippen LogP contribution in [0.15, 0.2) is 0 Å². The summed E-state index contributed by atoms with van der Waals surface area (Å²) in [5, 5.41) is 12.1. The molecular weight excluding hydrogens is 238 g/mol. The summed E-state index contributed by atoms with van der Waals surface area (Å²) in [6, 6.07) is 2.70. The van der Waals surface area contributed by atoms with Gasteiger partial charge in [0.2, 0.25) is 5.91 Å². The minimum absolute atomic E-state index is 0.111. The average molecular weight is 263 g/mol. The van der Waals surface area contributed by atoms with Crippen LogP contribution in [0, 0.1) is 17.2 Å². The number of carbonyl (C=O) groups excluding carboxylic acids is 1. The Morgan fingerprint density at radius 1 is 1.16 bits per heavy atom. The minimum Gasteiger partial charge on any atom is -0.352 e. The van der Waals surface area contributed by atoms with Gasteiger partial charge in [-0.15, -0.1) is 0 Å². The van der Waals surface area contributed by atoms with Gasteiger partial charge in [0.15, 0.2) is 0 Å². The molecule has 1 unspecified atom stereocenters. The van der Waals surface area contributed by atoms with Gasteiger partial charge in [-0.3, -0.25) is 9.69 Å². The fourth-order valence-corrected chi connectivity index (χ4v) is 3.20. The fourth-order valence-electron chi connectivity index (χ4n) is 3.20. The standard InChI is InChI=1S/C15H25N3O/c16-10-13-6-5-9-18(11-13)12-15(19)17-14-7-3-1-2-4-8-14/h13-14H,1-9,11-12H2,(H,17,19). The van der Waals surface area contributed by atoms with E-state index in [1.165, 1.54) is 25.7 Å². The third-order valence-electron chi connectivity index (χ3n) is 4.28. The second-order valence-electron chi connectivity index (χ2n) is 5.96. The zero-order valence-electron chi connectivity index (χ0n) is 11.7. The lowest BCUT2D eigenvalue weighted by molar-refractivity contribution is -0.123. The van der Waals surface area contributed by atoms with Gasteiger partial charge < -0.3 is 5.32 Å². The van der Waals surface area contributed by atoms with E-state index in [2.05, 4.69) is 16.3 Å². The number of piperidine rings is 1. The molecule has 0 aromatic heterocycles. The Morgan fingerprint density at radius 3 is 2.58 bits per heavy atom. The summed E-state index contributed by atoms with van der Waals surface area (Å²) in [6.07, 6.45) is 9.38. The Balaban J connectivity index is 1.72. The smallest absolute Gasteiger partial charge is 0.234 e. The molecule has 1 heterocycles. The van der Waals surface area contributed by atoms with Crippen LogP contribution in [0.2, 0.25) is 0 Å². The van der Waals surface area contributed by atoms with E-state index in [0.29, 0.717) is 12.6 Å². The summed E-state index contributed by atoms with van der Waals surface area (Å²) < 4.78 is 0. The van der Waals surface area contributed by atoms with Crippen molar-refractivity contribution in [2.24, 2.45) is 5.92 Å². The Hall–Kier alpha value is -1.08. The molecule has 1 atom stereocenters. The monoisotopic (exact) mass is 263 g/mol. The maximum atomic E-state index is 12.1. The van der Waals surface area contributed by atoms with E-state index in [1.807, 2.05) is 0 Å². The van der Waals surface area contributed by atoms with E-state index in [0.717, 1.165) is 38.8 Å². The van der Waals surface area contributed by atoms with Crippen molar-refractivity contribution in [3.05, 3.63) is 0 Å². The van der Waals surface area contributed by atoms with Crippen molar-refractivity contribution in [3.8, 4) is 6.07 Å². The number of nitrogens with one attached hydrogen (secondary N) is 1. The molecule has 1 aliphatic heterocycles. The van der Waals surface area contributed by atoms with Gasteiger partial charge in [-0.05, 0) is 32.2 Å². The Kier molecular flexibility index (Phi) is 5.65. The molecule has 2 aliphatic rings. The molecule has 0 aromatic rings.